The summed E-state index contributed by atoms with van der Waals surface area (Å²) in [5.74, 6) is 1.42. The maximum absolute atomic E-state index is 12.5. The van der Waals surface area contributed by atoms with Crippen LogP contribution in [0.15, 0.2) is 24.3 Å². The normalized spacial score (nSPS) is 22.8. The molecule has 1 aromatic carbocycles. The highest BCUT2D eigenvalue weighted by atomic mass is 19.4. The molecule has 142 valence electrons. The van der Waals surface area contributed by atoms with Gasteiger partial charge in [0.15, 0.2) is 0 Å². The maximum Gasteiger partial charge on any atom is 0.523 e. The van der Waals surface area contributed by atoms with E-state index in [2.05, 4.69) is 11.7 Å². The summed E-state index contributed by atoms with van der Waals surface area (Å²) in [7, 11) is 0. The molecule has 0 heterocycles. The van der Waals surface area contributed by atoms with Crippen LogP contribution in [0.4, 0.5) is 13.2 Å². The first-order chi connectivity index (χ1) is 11.9. The van der Waals surface area contributed by atoms with Crippen molar-refractivity contribution in [2.45, 2.75) is 90.0 Å². The average molecular weight is 356 g/mol. The quantitative estimate of drug-likeness (QED) is 0.437. The number of ether oxygens (including phenoxy) is 1. The van der Waals surface area contributed by atoms with Gasteiger partial charge in [0.25, 0.3) is 0 Å². The van der Waals surface area contributed by atoms with Crippen LogP contribution in [-0.2, 0) is 4.74 Å². The fourth-order valence-electron chi connectivity index (χ4n) is 4.00. The zero-order chi connectivity index (χ0) is 18.3. The molecule has 1 aliphatic carbocycles. The molecular weight excluding hydrogens is 325 g/mol. The summed E-state index contributed by atoms with van der Waals surface area (Å²) in [6, 6.07) is 7.62. The molecule has 4 heteroatoms. The number of alkyl halides is 3. The third-order valence-corrected chi connectivity index (χ3v) is 5.49. The van der Waals surface area contributed by atoms with Crippen LogP contribution < -0.4 is 0 Å². The van der Waals surface area contributed by atoms with Gasteiger partial charge in [-0.25, -0.2) is 0 Å². The van der Waals surface area contributed by atoms with Gasteiger partial charge < -0.3 is 0 Å². The van der Waals surface area contributed by atoms with Crippen molar-refractivity contribution in [1.82, 2.24) is 0 Å². The predicted octanol–water partition coefficient (Wildman–Crippen LogP) is 7.53. The fraction of sp³-hybridized carbons (Fsp3) is 0.714. The van der Waals surface area contributed by atoms with Crippen molar-refractivity contribution >= 4 is 0 Å². The Balaban J connectivity index is 1.88. The lowest BCUT2D eigenvalue weighted by Gasteiger charge is -2.29. The summed E-state index contributed by atoms with van der Waals surface area (Å²) in [5.41, 5.74) is 1.87. The first kappa shape index (κ1) is 20.3. The van der Waals surface area contributed by atoms with E-state index < -0.39 is 12.5 Å². The highest BCUT2D eigenvalue weighted by Crippen LogP contribution is 2.38. The highest BCUT2D eigenvalue weighted by molar-refractivity contribution is 5.27. The van der Waals surface area contributed by atoms with Gasteiger partial charge in [-0.1, -0.05) is 63.8 Å². The minimum Gasteiger partial charge on any atom is -0.284 e. The standard InChI is InChI=1S/C21H31F3O/c1-3-5-6-7-16-8-10-17(11-9-16)18-12-14-19(15-13-18)20(4-2)25-21(22,23)24/h12-17,20H,3-11H2,1-2H3. The largest absolute Gasteiger partial charge is 0.523 e. The van der Waals surface area contributed by atoms with E-state index in [1.54, 1.807) is 6.92 Å². The lowest BCUT2D eigenvalue weighted by Crippen LogP contribution is -2.18. The van der Waals surface area contributed by atoms with Gasteiger partial charge in [0.1, 0.15) is 0 Å². The van der Waals surface area contributed by atoms with Crippen molar-refractivity contribution in [3.63, 3.8) is 0 Å². The van der Waals surface area contributed by atoms with Crippen molar-refractivity contribution < 1.29 is 17.9 Å². The van der Waals surface area contributed by atoms with E-state index in [1.807, 2.05) is 24.3 Å². The minimum atomic E-state index is -4.59. The van der Waals surface area contributed by atoms with Crippen LogP contribution in [0.3, 0.4) is 0 Å². The minimum absolute atomic E-state index is 0.307. The zero-order valence-electron chi connectivity index (χ0n) is 15.4. The molecule has 0 N–H and O–H groups in total. The molecule has 0 bridgehead atoms. The molecule has 0 amide bonds. The van der Waals surface area contributed by atoms with E-state index in [1.165, 1.54) is 56.9 Å². The predicted molar refractivity (Wildman–Crippen MR) is 95.5 cm³/mol. The lowest BCUT2D eigenvalue weighted by atomic mass is 9.77. The first-order valence-corrected chi connectivity index (χ1v) is 9.77. The van der Waals surface area contributed by atoms with Gasteiger partial charge >= 0.3 is 6.36 Å². The molecule has 0 radical (unpaired) electrons. The van der Waals surface area contributed by atoms with Gasteiger partial charge in [0.05, 0.1) is 6.10 Å². The van der Waals surface area contributed by atoms with Crippen molar-refractivity contribution in [2.24, 2.45) is 5.92 Å². The van der Waals surface area contributed by atoms with Crippen molar-refractivity contribution in [3.05, 3.63) is 35.4 Å². The molecule has 1 nitrogen and oxygen atoms in total. The van der Waals surface area contributed by atoms with E-state index >= 15 is 0 Å². The molecule has 1 atom stereocenters. The van der Waals surface area contributed by atoms with Gasteiger partial charge in [-0.2, -0.15) is 0 Å². The molecular formula is C21H31F3O. The topological polar surface area (TPSA) is 9.23 Å². The Kier molecular flexibility index (Phi) is 7.80. The summed E-state index contributed by atoms with van der Waals surface area (Å²) in [6.45, 7) is 3.95. The third kappa shape index (κ3) is 6.65. The van der Waals surface area contributed by atoms with Crippen LogP contribution in [0.25, 0.3) is 0 Å². The maximum atomic E-state index is 12.5. The molecule has 1 aliphatic rings. The fourth-order valence-corrected chi connectivity index (χ4v) is 4.00. The van der Waals surface area contributed by atoms with Gasteiger partial charge in [0, 0.05) is 0 Å². The van der Waals surface area contributed by atoms with Crippen molar-refractivity contribution in [2.75, 3.05) is 0 Å². The van der Waals surface area contributed by atoms with Gasteiger partial charge in [-0.3, -0.25) is 4.74 Å². The Morgan fingerprint density at radius 2 is 1.64 bits per heavy atom. The van der Waals surface area contributed by atoms with E-state index in [-0.39, 0.29) is 0 Å². The monoisotopic (exact) mass is 356 g/mol. The first-order valence-electron chi connectivity index (χ1n) is 9.77. The molecule has 1 unspecified atom stereocenters. The molecule has 1 saturated carbocycles. The Hall–Kier alpha value is -1.03. The molecule has 0 saturated heterocycles. The Morgan fingerprint density at radius 3 is 2.16 bits per heavy atom. The lowest BCUT2D eigenvalue weighted by molar-refractivity contribution is -0.345. The second-order valence-electron chi connectivity index (χ2n) is 7.34. The smallest absolute Gasteiger partial charge is 0.284 e. The summed E-state index contributed by atoms with van der Waals surface area (Å²) in [4.78, 5) is 0. The number of hydrogen-bond donors (Lipinski definition) is 0. The van der Waals surface area contributed by atoms with Crippen LogP contribution in [0.2, 0.25) is 0 Å². The summed E-state index contributed by atoms with van der Waals surface area (Å²) < 4.78 is 41.6. The molecule has 0 aliphatic heterocycles. The van der Waals surface area contributed by atoms with Crippen LogP contribution in [0, 0.1) is 5.92 Å². The summed E-state index contributed by atoms with van der Waals surface area (Å²) in [5, 5.41) is 0. The van der Waals surface area contributed by atoms with E-state index in [9.17, 15) is 13.2 Å². The number of unbranched alkanes of at least 4 members (excludes halogenated alkanes) is 2. The molecule has 2 rings (SSSR count). The molecule has 0 aromatic heterocycles. The summed E-state index contributed by atoms with van der Waals surface area (Å²) in [6.07, 6.45) is 5.08. The van der Waals surface area contributed by atoms with Gasteiger partial charge in [0.2, 0.25) is 0 Å². The van der Waals surface area contributed by atoms with Crippen LogP contribution >= 0.6 is 0 Å². The second-order valence-corrected chi connectivity index (χ2v) is 7.34. The molecule has 0 spiro atoms. The van der Waals surface area contributed by atoms with Crippen molar-refractivity contribution in [3.8, 4) is 0 Å². The van der Waals surface area contributed by atoms with E-state index in [0.29, 0.717) is 17.9 Å². The molecule has 1 fully saturated rings. The van der Waals surface area contributed by atoms with Crippen LogP contribution in [0.5, 0.6) is 0 Å². The van der Waals surface area contributed by atoms with Crippen molar-refractivity contribution in [1.29, 1.82) is 0 Å². The SMILES string of the molecule is CCCCCC1CCC(c2ccc(C(CC)OC(F)(F)F)cc2)CC1. The third-order valence-electron chi connectivity index (χ3n) is 5.49. The van der Waals surface area contributed by atoms with Crippen LogP contribution in [0.1, 0.15) is 94.8 Å². The van der Waals surface area contributed by atoms with Gasteiger partial charge in [-0.15, -0.1) is 13.2 Å². The molecule has 1 aromatic rings. The number of benzene rings is 1. The highest BCUT2D eigenvalue weighted by Gasteiger charge is 2.33. The van der Waals surface area contributed by atoms with Gasteiger partial charge in [-0.05, 0) is 55.1 Å². The average Bonchev–Trinajstić information content (AvgIpc) is 2.60. The van der Waals surface area contributed by atoms with E-state index in [4.69, 9.17) is 0 Å². The van der Waals surface area contributed by atoms with E-state index in [0.717, 1.165) is 5.92 Å². The Bertz CT molecular complexity index is 487. The Labute approximate surface area is 150 Å². The summed E-state index contributed by atoms with van der Waals surface area (Å²) >= 11 is 0. The molecule has 25 heavy (non-hydrogen) atoms. The number of hydrogen-bond acceptors (Lipinski definition) is 1. The van der Waals surface area contributed by atoms with Crippen LogP contribution in [-0.4, -0.2) is 6.36 Å². The zero-order valence-corrected chi connectivity index (χ0v) is 15.4. The number of halogens is 3. The Morgan fingerprint density at radius 1 is 1.00 bits per heavy atom. The second kappa shape index (κ2) is 9.61. The number of rotatable bonds is 8.